The minimum absolute atomic E-state index is 0.127. The maximum absolute atomic E-state index is 12.8. The molecule has 1 aliphatic rings. The van der Waals surface area contributed by atoms with Crippen LogP contribution >= 0.6 is 0 Å². The van der Waals surface area contributed by atoms with Crippen molar-refractivity contribution in [1.82, 2.24) is 0 Å². The maximum atomic E-state index is 12.8. The lowest BCUT2D eigenvalue weighted by Gasteiger charge is -2.10. The van der Waals surface area contributed by atoms with Gasteiger partial charge < -0.3 is 10.4 Å². The molecule has 0 saturated carbocycles. The predicted molar refractivity (Wildman–Crippen MR) is 96.1 cm³/mol. The number of ketones is 1. The molecule has 0 spiro atoms. The van der Waals surface area contributed by atoms with Crippen molar-refractivity contribution < 1.29 is 14.7 Å². The fraction of sp³-hybridized carbons (Fsp3) is 0.0476. The van der Waals surface area contributed by atoms with Crippen LogP contribution in [-0.4, -0.2) is 16.8 Å². The van der Waals surface area contributed by atoms with E-state index in [4.69, 9.17) is 0 Å². The Hall–Kier alpha value is -3.40. The molecule has 3 aromatic rings. The largest absolute Gasteiger partial charge is 0.508 e. The highest BCUT2D eigenvalue weighted by Gasteiger charge is 2.30. The van der Waals surface area contributed by atoms with Gasteiger partial charge in [0, 0.05) is 16.8 Å². The van der Waals surface area contributed by atoms with Crippen molar-refractivity contribution in [2.75, 3.05) is 5.32 Å². The predicted octanol–water partition coefficient (Wildman–Crippen LogP) is 4.16. The maximum Gasteiger partial charge on any atom is 0.256 e. The summed E-state index contributed by atoms with van der Waals surface area (Å²) in [5.41, 5.74) is 4.30. The Morgan fingerprint density at radius 3 is 2.40 bits per heavy atom. The van der Waals surface area contributed by atoms with Crippen molar-refractivity contribution in [3.63, 3.8) is 0 Å². The third kappa shape index (κ3) is 2.39. The molecular weight excluding hydrogens is 314 g/mol. The molecular formula is C21H15NO3. The summed E-state index contributed by atoms with van der Waals surface area (Å²) >= 11 is 0. The van der Waals surface area contributed by atoms with Gasteiger partial charge in [-0.3, -0.25) is 9.59 Å². The lowest BCUT2D eigenvalue weighted by molar-refractivity contribution is 0.0998. The van der Waals surface area contributed by atoms with Gasteiger partial charge in [-0.1, -0.05) is 36.4 Å². The summed E-state index contributed by atoms with van der Waals surface area (Å²) in [6.07, 6.45) is 0. The average molecular weight is 329 g/mol. The molecule has 2 N–H and O–H groups in total. The summed E-state index contributed by atoms with van der Waals surface area (Å²) < 4.78 is 0. The number of aryl methyl sites for hydroxylation is 1. The van der Waals surface area contributed by atoms with E-state index in [2.05, 4.69) is 5.32 Å². The topological polar surface area (TPSA) is 66.4 Å². The Labute approximate surface area is 144 Å². The Morgan fingerprint density at radius 2 is 1.64 bits per heavy atom. The number of phenols is 1. The van der Waals surface area contributed by atoms with E-state index in [0.29, 0.717) is 27.9 Å². The number of aromatic hydroxyl groups is 1. The molecule has 25 heavy (non-hydrogen) atoms. The van der Waals surface area contributed by atoms with E-state index < -0.39 is 0 Å². The molecule has 0 heterocycles. The van der Waals surface area contributed by atoms with Crippen LogP contribution in [-0.2, 0) is 0 Å². The van der Waals surface area contributed by atoms with E-state index in [-0.39, 0.29) is 17.4 Å². The molecule has 4 nitrogen and oxygen atoms in total. The van der Waals surface area contributed by atoms with Crippen molar-refractivity contribution in [3.05, 3.63) is 82.9 Å². The number of hydrogen-bond donors (Lipinski definition) is 2. The quantitative estimate of drug-likeness (QED) is 0.543. The van der Waals surface area contributed by atoms with Gasteiger partial charge in [0.15, 0.2) is 5.78 Å². The summed E-state index contributed by atoms with van der Waals surface area (Å²) in [7, 11) is 0. The monoisotopic (exact) mass is 329 g/mol. The van der Waals surface area contributed by atoms with E-state index in [9.17, 15) is 14.7 Å². The fourth-order valence-corrected chi connectivity index (χ4v) is 3.19. The van der Waals surface area contributed by atoms with Gasteiger partial charge in [0.05, 0.1) is 5.56 Å². The van der Waals surface area contributed by atoms with Crippen LogP contribution in [0.2, 0.25) is 0 Å². The Morgan fingerprint density at radius 1 is 0.920 bits per heavy atom. The minimum atomic E-state index is -0.344. The highest BCUT2D eigenvalue weighted by molar-refractivity contribution is 6.26. The number of nitrogens with one attached hydrogen (secondary N) is 1. The van der Waals surface area contributed by atoms with Gasteiger partial charge in [-0.25, -0.2) is 0 Å². The highest BCUT2D eigenvalue weighted by Crippen LogP contribution is 2.38. The summed E-state index contributed by atoms with van der Waals surface area (Å²) in [6.45, 7) is 1.76. The lowest BCUT2D eigenvalue weighted by atomic mass is 10.00. The molecule has 0 radical (unpaired) electrons. The molecule has 0 saturated heterocycles. The fourth-order valence-electron chi connectivity index (χ4n) is 3.19. The van der Waals surface area contributed by atoms with E-state index in [0.717, 1.165) is 11.1 Å². The third-order valence-corrected chi connectivity index (χ3v) is 4.45. The van der Waals surface area contributed by atoms with E-state index in [1.54, 1.807) is 37.3 Å². The zero-order valence-corrected chi connectivity index (χ0v) is 13.5. The number of carbonyl (C=O) groups excluding carboxylic acids is 2. The van der Waals surface area contributed by atoms with Gasteiger partial charge >= 0.3 is 0 Å². The van der Waals surface area contributed by atoms with E-state index in [1.807, 2.05) is 24.3 Å². The molecule has 0 fully saturated rings. The molecule has 0 aliphatic heterocycles. The summed E-state index contributed by atoms with van der Waals surface area (Å²) in [5.74, 6) is -0.300. The van der Waals surface area contributed by atoms with Crippen LogP contribution in [0.3, 0.4) is 0 Å². The molecule has 4 rings (SSSR count). The normalized spacial score (nSPS) is 11.8. The Kier molecular flexibility index (Phi) is 3.39. The second kappa shape index (κ2) is 5.60. The first-order chi connectivity index (χ1) is 12.1. The molecule has 0 atom stereocenters. The first-order valence-electron chi connectivity index (χ1n) is 7.94. The molecule has 0 aromatic heterocycles. The number of anilines is 1. The van der Waals surface area contributed by atoms with Crippen LogP contribution in [0.5, 0.6) is 5.75 Å². The standard InChI is InChI=1S/C21H15NO3/c1-12-11-13(9-10-18(12)23)22-21(25)17-8-4-7-15-14-5-2-3-6-16(14)20(24)19(15)17/h2-11,23H,1H3,(H,22,25). The van der Waals surface area contributed by atoms with Crippen molar-refractivity contribution in [3.8, 4) is 16.9 Å². The zero-order valence-electron chi connectivity index (χ0n) is 13.5. The van der Waals surface area contributed by atoms with Gasteiger partial charge in [0.25, 0.3) is 5.91 Å². The van der Waals surface area contributed by atoms with E-state index >= 15 is 0 Å². The number of amides is 1. The van der Waals surface area contributed by atoms with Gasteiger partial charge in [0.2, 0.25) is 0 Å². The van der Waals surface area contributed by atoms with Crippen molar-refractivity contribution >= 4 is 17.4 Å². The van der Waals surface area contributed by atoms with Gasteiger partial charge in [-0.2, -0.15) is 0 Å². The molecule has 1 amide bonds. The third-order valence-electron chi connectivity index (χ3n) is 4.45. The smallest absolute Gasteiger partial charge is 0.256 e. The number of carbonyl (C=O) groups is 2. The molecule has 3 aromatic carbocycles. The van der Waals surface area contributed by atoms with Gasteiger partial charge in [-0.15, -0.1) is 0 Å². The van der Waals surface area contributed by atoms with Crippen molar-refractivity contribution in [2.24, 2.45) is 0 Å². The highest BCUT2D eigenvalue weighted by atomic mass is 16.3. The molecule has 0 bridgehead atoms. The summed E-state index contributed by atoms with van der Waals surface area (Å²) in [4.78, 5) is 25.5. The number of phenolic OH excluding ortho intramolecular Hbond substituents is 1. The van der Waals surface area contributed by atoms with Crippen LogP contribution in [0.4, 0.5) is 5.69 Å². The first-order valence-corrected chi connectivity index (χ1v) is 7.94. The van der Waals surface area contributed by atoms with Crippen molar-refractivity contribution in [1.29, 1.82) is 0 Å². The summed E-state index contributed by atoms with van der Waals surface area (Å²) in [6, 6.07) is 17.5. The minimum Gasteiger partial charge on any atom is -0.508 e. The van der Waals surface area contributed by atoms with Crippen molar-refractivity contribution in [2.45, 2.75) is 6.92 Å². The molecule has 1 aliphatic carbocycles. The summed E-state index contributed by atoms with van der Waals surface area (Å²) in [5, 5.41) is 12.4. The van der Waals surface area contributed by atoms with Crippen LogP contribution in [0.1, 0.15) is 31.8 Å². The van der Waals surface area contributed by atoms with Crippen LogP contribution < -0.4 is 5.32 Å². The lowest BCUT2D eigenvalue weighted by Crippen LogP contribution is -2.16. The van der Waals surface area contributed by atoms with Crippen LogP contribution in [0.15, 0.2) is 60.7 Å². The zero-order chi connectivity index (χ0) is 17.6. The number of benzene rings is 3. The van der Waals surface area contributed by atoms with Crippen LogP contribution in [0, 0.1) is 6.92 Å². The van der Waals surface area contributed by atoms with Crippen LogP contribution in [0.25, 0.3) is 11.1 Å². The molecule has 122 valence electrons. The Bertz CT molecular complexity index is 1040. The average Bonchev–Trinajstić information content (AvgIpc) is 2.91. The first kappa shape index (κ1) is 15.1. The Balaban J connectivity index is 1.74. The molecule has 0 unspecified atom stereocenters. The van der Waals surface area contributed by atoms with Gasteiger partial charge in [-0.05, 0) is 47.9 Å². The van der Waals surface area contributed by atoms with E-state index in [1.165, 1.54) is 6.07 Å². The second-order valence-electron chi connectivity index (χ2n) is 6.06. The molecule has 4 heteroatoms. The second-order valence-corrected chi connectivity index (χ2v) is 6.06. The van der Waals surface area contributed by atoms with Gasteiger partial charge in [0.1, 0.15) is 5.75 Å². The number of rotatable bonds is 2. The number of fused-ring (bicyclic) bond motifs is 3. The number of hydrogen-bond acceptors (Lipinski definition) is 3. The SMILES string of the molecule is Cc1cc(NC(=O)c2cccc3c2C(=O)c2ccccc2-3)ccc1O.